The monoisotopic (exact) mass is 262 g/mol. The lowest BCUT2D eigenvalue weighted by Crippen LogP contribution is -2.89. The van der Waals surface area contributed by atoms with Crippen LogP contribution in [0.1, 0.15) is 20.3 Å². The fraction of sp³-hybridized carbons (Fsp3) is 1.00. The zero-order valence-corrected chi connectivity index (χ0v) is 10.4. The minimum Gasteiger partial charge on any atom is -0.324 e. The van der Waals surface area contributed by atoms with E-state index in [2.05, 4.69) is 0 Å². The first-order valence-corrected chi connectivity index (χ1v) is 7.85. The summed E-state index contributed by atoms with van der Waals surface area (Å²) in [5.41, 5.74) is -1.97. The highest BCUT2D eigenvalue weighted by Crippen LogP contribution is 2.55. The number of nitrogens with two attached hydrogens (primary N) is 1. The third-order valence-electron chi connectivity index (χ3n) is 1.81. The molecule has 0 amide bonds. The fourth-order valence-corrected chi connectivity index (χ4v) is 3.46. The van der Waals surface area contributed by atoms with Crippen LogP contribution in [0.4, 0.5) is 0 Å². The van der Waals surface area contributed by atoms with Crippen LogP contribution in [0.15, 0.2) is 0 Å². The molecular weight excluding hydrogens is 244 g/mol. The van der Waals surface area contributed by atoms with E-state index in [0.29, 0.717) is 12.3 Å². The smallest absolute Gasteiger partial charge is 0.324 e. The molecule has 0 fully saturated rings. The van der Waals surface area contributed by atoms with Crippen molar-refractivity contribution in [1.29, 1.82) is 0 Å². The number of hydrogen-bond acceptors (Lipinski definition) is 2. The van der Waals surface area contributed by atoms with Gasteiger partial charge in [0, 0.05) is 0 Å². The van der Waals surface area contributed by atoms with Gasteiger partial charge in [-0.05, 0) is 12.3 Å². The maximum absolute atomic E-state index is 10.8. The minimum atomic E-state index is -4.78. The fourth-order valence-electron chi connectivity index (χ4n) is 1.05. The largest absolute Gasteiger partial charge is 0.395 e. The normalized spacial score (nSPS) is 13.9. The molecule has 0 aliphatic carbocycles. The van der Waals surface area contributed by atoms with Gasteiger partial charge in [-0.25, -0.2) is 0 Å². The minimum absolute atomic E-state index is 0.276. The molecule has 0 spiro atoms. The molecule has 0 atom stereocenters. The summed E-state index contributed by atoms with van der Waals surface area (Å²) in [6, 6.07) is 0. The summed E-state index contributed by atoms with van der Waals surface area (Å²) in [7, 11) is -9.55. The third-order valence-corrected chi connectivity index (χ3v) is 5.42. The first-order valence-electron chi connectivity index (χ1n) is 4.49. The highest BCUT2D eigenvalue weighted by molar-refractivity contribution is 7.70. The van der Waals surface area contributed by atoms with E-state index in [0.717, 1.165) is 5.32 Å². The van der Waals surface area contributed by atoms with Crippen LogP contribution in [-0.2, 0) is 9.13 Å². The molecule has 0 aromatic rings. The van der Waals surface area contributed by atoms with Crippen LogP contribution < -0.4 is 5.32 Å². The van der Waals surface area contributed by atoms with Gasteiger partial charge in [0.2, 0.25) is 0 Å². The predicted octanol–water partition coefficient (Wildman–Crippen LogP) is -0.765. The van der Waals surface area contributed by atoms with E-state index in [4.69, 9.17) is 19.6 Å². The van der Waals surface area contributed by atoms with E-state index < -0.39 is 20.7 Å². The highest BCUT2D eigenvalue weighted by Gasteiger charge is 2.46. The Morgan fingerprint density at radius 2 is 1.47 bits per heavy atom. The Morgan fingerprint density at radius 1 is 1.07 bits per heavy atom. The molecule has 0 aromatic carbocycles. The molecule has 0 radical (unpaired) electrons. The van der Waals surface area contributed by atoms with Crippen molar-refractivity contribution in [2.75, 3.05) is 6.54 Å². The SMILES string of the molecule is CC(C)CC[NH2+]C(P(=O)(O)O)P(=O)(O)O. The molecule has 92 valence electrons. The lowest BCUT2D eigenvalue weighted by Gasteiger charge is -2.17. The highest BCUT2D eigenvalue weighted by atomic mass is 31.2. The zero-order chi connectivity index (χ0) is 12.3. The predicted molar refractivity (Wildman–Crippen MR) is 54.1 cm³/mol. The van der Waals surface area contributed by atoms with Gasteiger partial charge in [-0.1, -0.05) is 13.8 Å². The summed E-state index contributed by atoms with van der Waals surface area (Å²) in [5, 5.41) is 1.03. The average Bonchev–Trinajstić information content (AvgIpc) is 1.92. The van der Waals surface area contributed by atoms with E-state index >= 15 is 0 Å². The van der Waals surface area contributed by atoms with Gasteiger partial charge in [-0.2, -0.15) is 0 Å². The molecule has 9 heteroatoms. The van der Waals surface area contributed by atoms with Gasteiger partial charge in [0.05, 0.1) is 6.54 Å². The van der Waals surface area contributed by atoms with Crippen LogP contribution in [0.2, 0.25) is 0 Å². The molecule has 15 heavy (non-hydrogen) atoms. The molecule has 0 bridgehead atoms. The van der Waals surface area contributed by atoms with Crippen molar-refractivity contribution in [3.63, 3.8) is 0 Å². The van der Waals surface area contributed by atoms with Gasteiger partial charge in [0.15, 0.2) is 0 Å². The average molecular weight is 262 g/mol. The van der Waals surface area contributed by atoms with Crippen LogP contribution >= 0.6 is 15.2 Å². The first kappa shape index (κ1) is 15.3. The topological polar surface area (TPSA) is 132 Å². The van der Waals surface area contributed by atoms with Crippen molar-refractivity contribution in [2.24, 2.45) is 5.92 Å². The Balaban J connectivity index is 4.43. The maximum Gasteiger partial charge on any atom is 0.395 e. The Morgan fingerprint density at radius 3 is 1.73 bits per heavy atom. The van der Waals surface area contributed by atoms with Crippen molar-refractivity contribution < 1.29 is 34.0 Å². The van der Waals surface area contributed by atoms with Crippen molar-refractivity contribution in [3.05, 3.63) is 0 Å². The summed E-state index contributed by atoms with van der Waals surface area (Å²) in [6.45, 7) is 4.11. The van der Waals surface area contributed by atoms with Gasteiger partial charge >= 0.3 is 15.2 Å². The summed E-state index contributed by atoms with van der Waals surface area (Å²) >= 11 is 0. The quantitative estimate of drug-likeness (QED) is 0.399. The lowest BCUT2D eigenvalue weighted by atomic mass is 10.1. The molecule has 0 heterocycles. The molecule has 0 aliphatic rings. The number of hydrogen-bond donors (Lipinski definition) is 5. The zero-order valence-electron chi connectivity index (χ0n) is 8.65. The molecule has 0 unspecified atom stereocenters. The molecule has 0 aromatic heterocycles. The van der Waals surface area contributed by atoms with E-state index in [1.54, 1.807) is 0 Å². The van der Waals surface area contributed by atoms with Crippen LogP contribution in [0, 0.1) is 5.92 Å². The third kappa shape index (κ3) is 6.43. The van der Waals surface area contributed by atoms with Crippen LogP contribution in [0.3, 0.4) is 0 Å². The van der Waals surface area contributed by atoms with E-state index in [1.807, 2.05) is 13.8 Å². The van der Waals surface area contributed by atoms with Crippen LogP contribution in [0.25, 0.3) is 0 Å². The molecular formula is C6H18NO6P2+. The lowest BCUT2D eigenvalue weighted by molar-refractivity contribution is -0.656. The summed E-state index contributed by atoms with van der Waals surface area (Å²) in [6.07, 6.45) is 0.635. The molecule has 0 saturated carbocycles. The van der Waals surface area contributed by atoms with Gasteiger partial charge in [0.25, 0.3) is 5.52 Å². The molecule has 6 N–H and O–H groups in total. The number of rotatable bonds is 6. The van der Waals surface area contributed by atoms with Crippen LogP contribution in [-0.4, -0.2) is 31.6 Å². The second-order valence-corrected chi connectivity index (χ2v) is 7.68. The van der Waals surface area contributed by atoms with Gasteiger partial charge < -0.3 is 24.9 Å². The molecule has 7 nitrogen and oxygen atoms in total. The van der Waals surface area contributed by atoms with Gasteiger partial charge in [0.1, 0.15) is 0 Å². The van der Waals surface area contributed by atoms with Gasteiger partial charge in [-0.3, -0.25) is 9.13 Å². The van der Waals surface area contributed by atoms with Crippen LogP contribution in [0.5, 0.6) is 0 Å². The summed E-state index contributed by atoms with van der Waals surface area (Å²) in [4.78, 5) is 35.1. The molecule has 0 saturated heterocycles. The second kappa shape index (κ2) is 5.55. The van der Waals surface area contributed by atoms with Crippen molar-refractivity contribution >= 4 is 15.2 Å². The van der Waals surface area contributed by atoms with E-state index in [9.17, 15) is 9.13 Å². The Kier molecular flexibility index (Phi) is 5.64. The van der Waals surface area contributed by atoms with Crippen molar-refractivity contribution in [2.45, 2.75) is 25.8 Å². The maximum atomic E-state index is 10.8. The summed E-state index contributed by atoms with van der Waals surface area (Å²) in [5.74, 6) is 0.315. The van der Waals surface area contributed by atoms with Gasteiger partial charge in [-0.15, -0.1) is 0 Å². The first-order chi connectivity index (χ1) is 6.55. The Bertz CT molecular complexity index is 259. The summed E-state index contributed by atoms with van der Waals surface area (Å²) < 4.78 is 21.6. The molecule has 0 rings (SSSR count). The van der Waals surface area contributed by atoms with E-state index in [1.165, 1.54) is 0 Å². The number of quaternary nitrogens is 1. The standard InChI is InChI=1S/C6H17NO6P2/c1-5(2)3-4-7-6(14(8,9)10)15(11,12)13/h5-7H,3-4H2,1-2H3,(H2,8,9,10)(H2,11,12,13)/p+1. The van der Waals surface area contributed by atoms with E-state index in [-0.39, 0.29) is 6.54 Å². The Hall–Kier alpha value is 0.260. The Labute approximate surface area is 88.2 Å². The molecule has 0 aliphatic heterocycles. The van der Waals surface area contributed by atoms with Crippen molar-refractivity contribution in [1.82, 2.24) is 0 Å². The second-order valence-electron chi connectivity index (χ2n) is 3.80. The van der Waals surface area contributed by atoms with Crippen molar-refractivity contribution in [3.8, 4) is 0 Å².